The van der Waals surface area contributed by atoms with E-state index in [1.54, 1.807) is 13.2 Å². The van der Waals surface area contributed by atoms with Crippen LogP contribution < -0.4 is 5.32 Å². The molecule has 102 valence electrons. The van der Waals surface area contributed by atoms with Crippen LogP contribution in [0.1, 0.15) is 30.9 Å². The molecule has 0 radical (unpaired) electrons. The third-order valence-electron chi connectivity index (χ3n) is 3.45. The lowest BCUT2D eigenvalue weighted by molar-refractivity contribution is 0.0632. The van der Waals surface area contributed by atoms with Crippen LogP contribution in [-0.2, 0) is 11.2 Å². The molecule has 1 N–H and O–H groups in total. The van der Waals surface area contributed by atoms with Crippen LogP contribution in [0.5, 0.6) is 0 Å². The molecule has 2 unspecified atom stereocenters. The maximum Gasteiger partial charge on any atom is 0.123 e. The third kappa shape index (κ3) is 4.07. The van der Waals surface area contributed by atoms with Gasteiger partial charge in [0, 0.05) is 13.2 Å². The fraction of sp³-hybridized carbons (Fsp3) is 0.600. The molecule has 0 spiro atoms. The average molecular weight is 253 g/mol. The minimum Gasteiger partial charge on any atom is -0.380 e. The predicted molar refractivity (Wildman–Crippen MR) is 73.4 cm³/mol. The van der Waals surface area contributed by atoms with Crippen molar-refractivity contribution in [3.63, 3.8) is 0 Å². The quantitative estimate of drug-likeness (QED) is 0.806. The second-order valence-corrected chi connectivity index (χ2v) is 4.73. The van der Waals surface area contributed by atoms with Crippen molar-refractivity contribution in [3.8, 4) is 0 Å². The molecule has 0 fully saturated rings. The molecule has 0 amide bonds. The number of methoxy groups -OCH3 is 1. The molecule has 1 aromatic carbocycles. The van der Waals surface area contributed by atoms with Crippen LogP contribution >= 0.6 is 0 Å². The molecular formula is C15H24FNO. The fourth-order valence-corrected chi connectivity index (χ4v) is 2.28. The molecule has 2 nitrogen and oxygen atoms in total. The smallest absolute Gasteiger partial charge is 0.123 e. The molecule has 0 aromatic heterocycles. The van der Waals surface area contributed by atoms with E-state index >= 15 is 0 Å². The van der Waals surface area contributed by atoms with Gasteiger partial charge in [-0.25, -0.2) is 4.39 Å². The highest BCUT2D eigenvalue weighted by atomic mass is 19.1. The number of benzene rings is 1. The van der Waals surface area contributed by atoms with Crippen LogP contribution in [0.15, 0.2) is 18.2 Å². The zero-order chi connectivity index (χ0) is 13.5. The molecule has 1 rings (SSSR count). The first-order valence-corrected chi connectivity index (χ1v) is 6.57. The Balaban J connectivity index is 2.81. The fourth-order valence-electron chi connectivity index (χ4n) is 2.28. The van der Waals surface area contributed by atoms with E-state index in [1.165, 1.54) is 6.07 Å². The van der Waals surface area contributed by atoms with E-state index in [-0.39, 0.29) is 18.0 Å². The molecule has 3 heteroatoms. The zero-order valence-electron chi connectivity index (χ0n) is 11.8. The van der Waals surface area contributed by atoms with Crippen molar-refractivity contribution in [3.05, 3.63) is 35.1 Å². The molecule has 0 aliphatic carbocycles. The van der Waals surface area contributed by atoms with Gasteiger partial charge in [0.05, 0.1) is 6.10 Å². The van der Waals surface area contributed by atoms with Crippen LogP contribution in [0, 0.1) is 12.7 Å². The Labute approximate surface area is 110 Å². The summed E-state index contributed by atoms with van der Waals surface area (Å²) in [5.41, 5.74) is 2.18. The van der Waals surface area contributed by atoms with Gasteiger partial charge in [0.2, 0.25) is 0 Å². The molecule has 0 saturated carbocycles. The summed E-state index contributed by atoms with van der Waals surface area (Å²) in [6.45, 7) is 4.16. The molecule has 0 bridgehead atoms. The minimum atomic E-state index is -0.171. The van der Waals surface area contributed by atoms with Crippen LogP contribution in [0.3, 0.4) is 0 Å². The van der Waals surface area contributed by atoms with Crippen LogP contribution in [-0.4, -0.2) is 26.3 Å². The van der Waals surface area contributed by atoms with Crippen molar-refractivity contribution >= 4 is 0 Å². The van der Waals surface area contributed by atoms with Crippen LogP contribution in [0.25, 0.3) is 0 Å². The first kappa shape index (κ1) is 15.1. The minimum absolute atomic E-state index is 0.169. The molecule has 2 atom stereocenters. The van der Waals surface area contributed by atoms with Crippen LogP contribution in [0.2, 0.25) is 0 Å². The Hall–Kier alpha value is -0.930. The van der Waals surface area contributed by atoms with E-state index in [0.29, 0.717) is 0 Å². The molecule has 1 aromatic rings. The van der Waals surface area contributed by atoms with Gasteiger partial charge in [0.1, 0.15) is 5.82 Å². The van der Waals surface area contributed by atoms with Crippen molar-refractivity contribution in [1.29, 1.82) is 0 Å². The van der Waals surface area contributed by atoms with E-state index in [0.717, 1.165) is 30.4 Å². The van der Waals surface area contributed by atoms with Crippen molar-refractivity contribution in [2.45, 2.75) is 45.3 Å². The topological polar surface area (TPSA) is 21.3 Å². The number of likely N-dealkylation sites (N-methyl/N-ethyl adjacent to an activating group) is 1. The van der Waals surface area contributed by atoms with Crippen molar-refractivity contribution in [1.82, 2.24) is 5.32 Å². The van der Waals surface area contributed by atoms with E-state index < -0.39 is 0 Å². The normalized spacial score (nSPS) is 14.5. The van der Waals surface area contributed by atoms with E-state index in [2.05, 4.69) is 12.2 Å². The third-order valence-corrected chi connectivity index (χ3v) is 3.45. The number of aryl methyl sites for hydroxylation is 1. The first-order valence-electron chi connectivity index (χ1n) is 6.57. The summed E-state index contributed by atoms with van der Waals surface area (Å²) in [5, 5.41) is 3.29. The SMILES string of the molecule is CCCC(OC)C(Cc1cc(F)ccc1C)NC. The van der Waals surface area contributed by atoms with Crippen LogP contribution in [0.4, 0.5) is 4.39 Å². The first-order chi connectivity index (χ1) is 8.62. The molecule has 0 aliphatic heterocycles. The van der Waals surface area contributed by atoms with E-state index in [4.69, 9.17) is 4.74 Å². The molecule has 18 heavy (non-hydrogen) atoms. The molecule has 0 heterocycles. The monoisotopic (exact) mass is 253 g/mol. The maximum absolute atomic E-state index is 13.3. The maximum atomic E-state index is 13.3. The summed E-state index contributed by atoms with van der Waals surface area (Å²) < 4.78 is 18.8. The highest BCUT2D eigenvalue weighted by Crippen LogP contribution is 2.16. The van der Waals surface area contributed by atoms with Crippen molar-refractivity contribution < 1.29 is 9.13 Å². The van der Waals surface area contributed by atoms with E-state index in [1.807, 2.05) is 20.0 Å². The molecule has 0 aliphatic rings. The van der Waals surface area contributed by atoms with Gasteiger partial charge in [-0.15, -0.1) is 0 Å². The van der Waals surface area contributed by atoms with Gasteiger partial charge in [0.25, 0.3) is 0 Å². The highest BCUT2D eigenvalue weighted by Gasteiger charge is 2.20. The van der Waals surface area contributed by atoms with Gasteiger partial charge in [-0.2, -0.15) is 0 Å². The van der Waals surface area contributed by atoms with Gasteiger partial charge in [-0.05, 0) is 50.1 Å². The lowest BCUT2D eigenvalue weighted by atomic mass is 9.95. The number of nitrogens with one attached hydrogen (secondary N) is 1. The Morgan fingerprint density at radius 1 is 1.39 bits per heavy atom. The lowest BCUT2D eigenvalue weighted by Crippen LogP contribution is -2.40. The number of halogens is 1. The average Bonchev–Trinajstić information content (AvgIpc) is 2.37. The van der Waals surface area contributed by atoms with Gasteiger partial charge in [0.15, 0.2) is 0 Å². The summed E-state index contributed by atoms with van der Waals surface area (Å²) in [7, 11) is 3.67. The summed E-state index contributed by atoms with van der Waals surface area (Å²) in [6, 6.07) is 5.18. The second-order valence-electron chi connectivity index (χ2n) is 4.73. The van der Waals surface area contributed by atoms with Gasteiger partial charge in [-0.1, -0.05) is 19.4 Å². The highest BCUT2D eigenvalue weighted by molar-refractivity contribution is 5.27. The molecular weight excluding hydrogens is 229 g/mol. The van der Waals surface area contributed by atoms with Gasteiger partial charge in [-0.3, -0.25) is 0 Å². The van der Waals surface area contributed by atoms with E-state index in [9.17, 15) is 4.39 Å². The number of hydrogen-bond donors (Lipinski definition) is 1. The van der Waals surface area contributed by atoms with Crippen molar-refractivity contribution in [2.75, 3.05) is 14.2 Å². The van der Waals surface area contributed by atoms with Crippen molar-refractivity contribution in [2.24, 2.45) is 0 Å². The predicted octanol–water partition coefficient (Wildman–Crippen LogP) is 3.08. The summed E-state index contributed by atoms with van der Waals surface area (Å²) in [6.07, 6.45) is 3.05. The summed E-state index contributed by atoms with van der Waals surface area (Å²) >= 11 is 0. The number of rotatable bonds is 7. The zero-order valence-corrected chi connectivity index (χ0v) is 11.8. The lowest BCUT2D eigenvalue weighted by Gasteiger charge is -2.26. The second kappa shape index (κ2) is 7.49. The number of ether oxygens (including phenoxy) is 1. The standard InChI is InChI=1S/C15H24FNO/c1-5-6-15(18-4)14(17-3)10-12-9-13(16)8-7-11(12)2/h7-9,14-15,17H,5-6,10H2,1-4H3. The Kier molecular flexibility index (Phi) is 6.30. The van der Waals surface area contributed by atoms with Gasteiger partial charge < -0.3 is 10.1 Å². The Bertz CT molecular complexity index is 368. The summed E-state index contributed by atoms with van der Waals surface area (Å²) in [4.78, 5) is 0. The Morgan fingerprint density at radius 2 is 2.11 bits per heavy atom. The summed E-state index contributed by atoms with van der Waals surface area (Å²) in [5.74, 6) is -0.171. The largest absolute Gasteiger partial charge is 0.380 e. The number of hydrogen-bond acceptors (Lipinski definition) is 2. The Morgan fingerprint density at radius 3 is 2.67 bits per heavy atom. The van der Waals surface area contributed by atoms with Gasteiger partial charge >= 0.3 is 0 Å². The molecule has 0 saturated heterocycles.